The van der Waals surface area contributed by atoms with Crippen LogP contribution < -0.4 is 0 Å². The Hall–Kier alpha value is -0.830. The number of rotatable bonds is 2. The summed E-state index contributed by atoms with van der Waals surface area (Å²) in [5.41, 5.74) is 2.18. The van der Waals surface area contributed by atoms with Gasteiger partial charge in [0.2, 0.25) is 0 Å². The van der Waals surface area contributed by atoms with E-state index >= 15 is 0 Å². The summed E-state index contributed by atoms with van der Waals surface area (Å²) >= 11 is 3.40. The van der Waals surface area contributed by atoms with Gasteiger partial charge in [0, 0.05) is 18.6 Å². The minimum absolute atomic E-state index is 1.03. The van der Waals surface area contributed by atoms with Gasteiger partial charge in [0.05, 0.1) is 5.71 Å². The molecule has 2 nitrogen and oxygen atoms in total. The Kier molecular flexibility index (Phi) is 3.48. The summed E-state index contributed by atoms with van der Waals surface area (Å²) in [5.74, 6) is 0. The Morgan fingerprint density at radius 1 is 1.23 bits per heavy atom. The van der Waals surface area contributed by atoms with Crippen LogP contribution in [0.5, 0.6) is 0 Å². The van der Waals surface area contributed by atoms with Gasteiger partial charge in [-0.05, 0) is 24.6 Å². The molecular formula is C10H13BrN2. The molecule has 0 saturated heterocycles. The van der Waals surface area contributed by atoms with E-state index in [0.717, 1.165) is 15.7 Å². The van der Waals surface area contributed by atoms with Crippen molar-refractivity contribution in [1.29, 1.82) is 0 Å². The summed E-state index contributed by atoms with van der Waals surface area (Å²) in [6.45, 7) is 2.00. The molecule has 0 unspecified atom stereocenters. The van der Waals surface area contributed by atoms with E-state index in [0.29, 0.717) is 0 Å². The van der Waals surface area contributed by atoms with Gasteiger partial charge in [0.25, 0.3) is 0 Å². The lowest BCUT2D eigenvalue weighted by molar-refractivity contribution is 0.438. The summed E-state index contributed by atoms with van der Waals surface area (Å²) in [4.78, 5) is 0. The maximum absolute atomic E-state index is 4.31. The van der Waals surface area contributed by atoms with Crippen LogP contribution >= 0.6 is 15.9 Å². The molecule has 0 N–H and O–H groups in total. The van der Waals surface area contributed by atoms with Crippen molar-refractivity contribution in [2.45, 2.75) is 6.92 Å². The monoisotopic (exact) mass is 240 g/mol. The molecule has 0 heterocycles. The second-order valence-corrected chi connectivity index (χ2v) is 3.96. The molecule has 0 saturated carbocycles. The molecule has 0 radical (unpaired) electrons. The van der Waals surface area contributed by atoms with Crippen LogP contribution in [0, 0.1) is 0 Å². The van der Waals surface area contributed by atoms with Gasteiger partial charge >= 0.3 is 0 Å². The van der Waals surface area contributed by atoms with Crippen molar-refractivity contribution in [2.24, 2.45) is 5.10 Å². The van der Waals surface area contributed by atoms with Crippen molar-refractivity contribution in [2.75, 3.05) is 14.1 Å². The summed E-state index contributed by atoms with van der Waals surface area (Å²) in [7, 11) is 3.84. The highest BCUT2D eigenvalue weighted by molar-refractivity contribution is 9.10. The smallest absolute Gasteiger partial charge is 0.0646 e. The molecule has 1 rings (SSSR count). The van der Waals surface area contributed by atoms with Gasteiger partial charge in [-0.15, -0.1) is 0 Å². The fourth-order valence-corrected chi connectivity index (χ4v) is 1.31. The number of benzene rings is 1. The molecule has 0 spiro atoms. The fraction of sp³-hybridized carbons (Fsp3) is 0.300. The minimum atomic E-state index is 1.03. The maximum Gasteiger partial charge on any atom is 0.0646 e. The fourth-order valence-electron chi connectivity index (χ4n) is 1.05. The molecule has 0 fully saturated rings. The largest absolute Gasteiger partial charge is 0.303 e. The van der Waals surface area contributed by atoms with Crippen LogP contribution in [0.25, 0.3) is 0 Å². The topological polar surface area (TPSA) is 15.6 Å². The third-order valence-electron chi connectivity index (χ3n) is 1.61. The summed E-state index contributed by atoms with van der Waals surface area (Å²) in [5, 5.41) is 6.11. The van der Waals surface area contributed by atoms with E-state index in [1.807, 2.05) is 45.3 Å². The zero-order chi connectivity index (χ0) is 9.84. The maximum atomic E-state index is 4.31. The van der Waals surface area contributed by atoms with Crippen molar-refractivity contribution in [3.05, 3.63) is 34.3 Å². The summed E-state index contributed by atoms with van der Waals surface area (Å²) < 4.78 is 1.09. The summed E-state index contributed by atoms with van der Waals surface area (Å²) in [6.07, 6.45) is 0. The van der Waals surface area contributed by atoms with Gasteiger partial charge in [-0.2, -0.15) is 5.10 Å². The van der Waals surface area contributed by atoms with Crippen LogP contribution in [-0.2, 0) is 0 Å². The van der Waals surface area contributed by atoms with Crippen molar-refractivity contribution in [1.82, 2.24) is 5.01 Å². The first-order chi connectivity index (χ1) is 6.09. The SMILES string of the molecule is C/C(=N\N(C)C)c1ccc(Br)cc1. The molecule has 0 bridgehead atoms. The van der Waals surface area contributed by atoms with Gasteiger partial charge in [-0.1, -0.05) is 28.1 Å². The highest BCUT2D eigenvalue weighted by atomic mass is 79.9. The van der Waals surface area contributed by atoms with E-state index in [4.69, 9.17) is 0 Å². The quantitative estimate of drug-likeness (QED) is 0.574. The predicted molar refractivity (Wildman–Crippen MR) is 60.0 cm³/mol. The zero-order valence-electron chi connectivity index (χ0n) is 8.08. The Morgan fingerprint density at radius 3 is 2.23 bits per heavy atom. The normalized spacial score (nSPS) is 11.5. The number of hydrazone groups is 1. The number of hydrogen-bond acceptors (Lipinski definition) is 2. The lowest BCUT2D eigenvalue weighted by Crippen LogP contribution is -2.07. The van der Waals surface area contributed by atoms with E-state index in [9.17, 15) is 0 Å². The first-order valence-corrected chi connectivity index (χ1v) is 4.87. The van der Waals surface area contributed by atoms with E-state index in [1.165, 1.54) is 0 Å². The predicted octanol–water partition coefficient (Wildman–Crippen LogP) is 2.73. The van der Waals surface area contributed by atoms with Crippen LogP contribution in [0.2, 0.25) is 0 Å². The standard InChI is InChI=1S/C10H13BrN2/c1-8(12-13(2)3)9-4-6-10(11)7-5-9/h4-7H,1-3H3/b12-8+. The van der Waals surface area contributed by atoms with Crippen molar-refractivity contribution in [3.63, 3.8) is 0 Å². The molecule has 0 atom stereocenters. The molecule has 13 heavy (non-hydrogen) atoms. The highest BCUT2D eigenvalue weighted by Gasteiger charge is 1.96. The van der Waals surface area contributed by atoms with Gasteiger partial charge < -0.3 is 5.01 Å². The Balaban J connectivity index is 2.89. The first-order valence-electron chi connectivity index (χ1n) is 4.08. The van der Waals surface area contributed by atoms with Gasteiger partial charge in [-0.3, -0.25) is 0 Å². The highest BCUT2D eigenvalue weighted by Crippen LogP contribution is 2.11. The third-order valence-corrected chi connectivity index (χ3v) is 2.14. The molecule has 3 heteroatoms. The second-order valence-electron chi connectivity index (χ2n) is 3.04. The third kappa shape index (κ3) is 3.19. The lowest BCUT2D eigenvalue weighted by Gasteiger charge is -2.07. The van der Waals surface area contributed by atoms with Crippen LogP contribution in [-0.4, -0.2) is 24.8 Å². The first kappa shape index (κ1) is 10.3. The van der Waals surface area contributed by atoms with Crippen molar-refractivity contribution >= 4 is 21.6 Å². The molecule has 0 aliphatic rings. The molecule has 0 amide bonds. The average Bonchev–Trinajstić information content (AvgIpc) is 2.04. The molecule has 0 aromatic heterocycles. The van der Waals surface area contributed by atoms with E-state index in [2.05, 4.69) is 21.0 Å². The lowest BCUT2D eigenvalue weighted by atomic mass is 10.1. The number of nitrogens with zero attached hydrogens (tertiary/aromatic N) is 2. The van der Waals surface area contributed by atoms with Crippen LogP contribution in [0.15, 0.2) is 33.8 Å². The Bertz CT molecular complexity index is 301. The zero-order valence-corrected chi connectivity index (χ0v) is 9.67. The molecule has 1 aromatic carbocycles. The summed E-state index contributed by atoms with van der Waals surface area (Å²) in [6, 6.07) is 8.13. The van der Waals surface area contributed by atoms with Crippen LogP contribution in [0.3, 0.4) is 0 Å². The van der Waals surface area contributed by atoms with Crippen LogP contribution in [0.1, 0.15) is 12.5 Å². The average molecular weight is 241 g/mol. The van der Waals surface area contributed by atoms with E-state index in [-0.39, 0.29) is 0 Å². The Morgan fingerprint density at radius 2 is 1.77 bits per heavy atom. The molecule has 0 aliphatic carbocycles. The molecular weight excluding hydrogens is 228 g/mol. The minimum Gasteiger partial charge on any atom is -0.303 e. The van der Waals surface area contributed by atoms with Crippen molar-refractivity contribution in [3.8, 4) is 0 Å². The van der Waals surface area contributed by atoms with Gasteiger partial charge in [0.1, 0.15) is 0 Å². The van der Waals surface area contributed by atoms with E-state index < -0.39 is 0 Å². The van der Waals surface area contributed by atoms with Gasteiger partial charge in [-0.25, -0.2) is 0 Å². The molecule has 70 valence electrons. The number of halogens is 1. The van der Waals surface area contributed by atoms with Gasteiger partial charge in [0.15, 0.2) is 0 Å². The Labute approximate surface area is 87.4 Å². The number of hydrogen-bond donors (Lipinski definition) is 0. The molecule has 0 aliphatic heterocycles. The van der Waals surface area contributed by atoms with E-state index in [1.54, 1.807) is 5.01 Å². The second kappa shape index (κ2) is 4.42. The van der Waals surface area contributed by atoms with Crippen LogP contribution in [0.4, 0.5) is 0 Å². The van der Waals surface area contributed by atoms with Crippen molar-refractivity contribution < 1.29 is 0 Å². The molecule has 1 aromatic rings.